The van der Waals surface area contributed by atoms with E-state index in [2.05, 4.69) is 4.90 Å². The van der Waals surface area contributed by atoms with Crippen molar-refractivity contribution in [1.29, 1.82) is 0 Å². The molecule has 0 amide bonds. The average molecular weight is 604 g/mol. The van der Waals surface area contributed by atoms with Crippen molar-refractivity contribution >= 4 is 5.97 Å². The number of benzene rings is 2. The molecule has 1 aliphatic heterocycles. The van der Waals surface area contributed by atoms with Crippen LogP contribution in [0.2, 0.25) is 0 Å². The molecule has 2 fully saturated rings. The molecule has 232 valence electrons. The van der Waals surface area contributed by atoms with Gasteiger partial charge in [-0.05, 0) is 107 Å². The van der Waals surface area contributed by atoms with E-state index in [4.69, 9.17) is 9.47 Å². The van der Waals surface area contributed by atoms with Gasteiger partial charge in [-0.2, -0.15) is 26.3 Å². The summed E-state index contributed by atoms with van der Waals surface area (Å²) in [6.07, 6.45) is -8.97. The third-order valence-electron chi connectivity index (χ3n) is 7.96. The predicted molar refractivity (Wildman–Crippen MR) is 142 cm³/mol. The highest BCUT2D eigenvalue weighted by Crippen LogP contribution is 2.45. The Morgan fingerprint density at radius 1 is 0.929 bits per heavy atom. The molecule has 0 radical (unpaired) electrons. The van der Waals surface area contributed by atoms with Crippen LogP contribution in [-0.2, 0) is 26.6 Å². The fourth-order valence-electron chi connectivity index (χ4n) is 6.11. The van der Waals surface area contributed by atoms with E-state index in [-0.39, 0.29) is 29.4 Å². The number of halogens is 7. The third-order valence-corrected chi connectivity index (χ3v) is 7.96. The fraction of sp³-hybridized carbons (Fsp3) is 0.581. The Hall–Kier alpha value is -2.66. The Morgan fingerprint density at radius 2 is 1.52 bits per heavy atom. The van der Waals surface area contributed by atoms with Gasteiger partial charge in [-0.15, -0.1) is 0 Å². The lowest BCUT2D eigenvalue weighted by molar-refractivity contribution is -0.160. The Labute approximate surface area is 241 Å². The molecule has 5 atom stereocenters. The number of rotatable bonds is 7. The Morgan fingerprint density at radius 3 is 2.07 bits per heavy atom. The standard InChI is InChI=1S/C31H36F7NO3/c1-18(21-14-22(30(33,34)35)16-23(15-21)31(36,37)38)41-26-12-9-20(27(26)19-7-10-24(32)11-8-19)17-39-13-5-6-25(39)28(40)42-29(2,3)4/h7-8,10-11,14-16,18,20,25-27H,5-6,9,12-13,17H2,1-4H3/t18-,20+,25+,26+,27+/m1/s1. The summed E-state index contributed by atoms with van der Waals surface area (Å²) in [5.74, 6) is -1.11. The first-order valence-corrected chi connectivity index (χ1v) is 14.1. The minimum absolute atomic E-state index is 0.0528. The average Bonchev–Trinajstić information content (AvgIpc) is 3.49. The summed E-state index contributed by atoms with van der Waals surface area (Å²) < 4.78 is 106. The van der Waals surface area contributed by atoms with Gasteiger partial charge in [-0.3, -0.25) is 9.69 Å². The minimum Gasteiger partial charge on any atom is -0.459 e. The van der Waals surface area contributed by atoms with Crippen LogP contribution in [0.1, 0.15) is 87.7 Å². The molecule has 1 heterocycles. The number of hydrogen-bond donors (Lipinski definition) is 0. The zero-order chi connectivity index (χ0) is 31.0. The van der Waals surface area contributed by atoms with Crippen molar-refractivity contribution in [2.75, 3.05) is 13.1 Å². The van der Waals surface area contributed by atoms with Gasteiger partial charge in [-0.25, -0.2) is 4.39 Å². The summed E-state index contributed by atoms with van der Waals surface area (Å²) in [6.45, 7) is 8.04. The van der Waals surface area contributed by atoms with Crippen molar-refractivity contribution in [3.05, 3.63) is 70.5 Å². The first-order valence-electron chi connectivity index (χ1n) is 14.1. The van der Waals surface area contributed by atoms with Crippen LogP contribution in [0.4, 0.5) is 30.7 Å². The van der Waals surface area contributed by atoms with Crippen molar-refractivity contribution in [1.82, 2.24) is 4.90 Å². The third kappa shape index (κ3) is 7.83. The molecule has 0 bridgehead atoms. The summed E-state index contributed by atoms with van der Waals surface area (Å²) in [5.41, 5.74) is -2.92. The number of esters is 1. The van der Waals surface area contributed by atoms with Gasteiger partial charge in [0.25, 0.3) is 0 Å². The van der Waals surface area contributed by atoms with Crippen LogP contribution < -0.4 is 0 Å². The molecule has 0 N–H and O–H groups in total. The second kappa shape index (κ2) is 12.1. The van der Waals surface area contributed by atoms with Gasteiger partial charge in [0.05, 0.1) is 23.3 Å². The van der Waals surface area contributed by atoms with Crippen molar-refractivity contribution in [2.24, 2.45) is 5.92 Å². The van der Waals surface area contributed by atoms with Gasteiger partial charge in [0.2, 0.25) is 0 Å². The molecular formula is C31H36F7NO3. The van der Waals surface area contributed by atoms with Gasteiger partial charge < -0.3 is 9.47 Å². The Bertz CT molecular complexity index is 1200. The van der Waals surface area contributed by atoms with Crippen molar-refractivity contribution in [3.8, 4) is 0 Å². The molecule has 4 rings (SSSR count). The molecule has 0 aromatic heterocycles. The molecule has 11 heteroatoms. The first-order chi connectivity index (χ1) is 19.4. The highest BCUT2D eigenvalue weighted by Gasteiger charge is 2.43. The SMILES string of the molecule is C[C@@H](O[C@H]1CC[C@@H](CN2CCC[C@H]2C(=O)OC(C)(C)C)[C@@H]1c1ccc(F)cc1)c1cc(C(F)(F)F)cc(C(F)(F)F)c1. The monoisotopic (exact) mass is 603 g/mol. The molecule has 1 saturated carbocycles. The lowest BCUT2D eigenvalue weighted by Crippen LogP contribution is -2.43. The van der Waals surface area contributed by atoms with Crippen molar-refractivity contribution in [2.45, 2.75) is 95.5 Å². The summed E-state index contributed by atoms with van der Waals surface area (Å²) in [5, 5.41) is 0. The maximum Gasteiger partial charge on any atom is 0.416 e. The number of likely N-dealkylation sites (tertiary alicyclic amines) is 1. The highest BCUT2D eigenvalue weighted by molar-refractivity contribution is 5.76. The topological polar surface area (TPSA) is 38.8 Å². The lowest BCUT2D eigenvalue weighted by Gasteiger charge is -2.33. The molecule has 0 spiro atoms. The van der Waals surface area contributed by atoms with E-state index in [9.17, 15) is 35.5 Å². The van der Waals surface area contributed by atoms with Crippen LogP contribution in [0, 0.1) is 11.7 Å². The smallest absolute Gasteiger partial charge is 0.416 e. The highest BCUT2D eigenvalue weighted by atomic mass is 19.4. The first kappa shape index (κ1) is 32.3. The normalized spacial score (nSPS) is 24.6. The number of carbonyl (C=O) groups excluding carboxylic acids is 1. The van der Waals surface area contributed by atoms with Crippen LogP contribution in [-0.4, -0.2) is 41.7 Å². The van der Waals surface area contributed by atoms with Crippen LogP contribution in [0.25, 0.3) is 0 Å². The van der Waals surface area contributed by atoms with Gasteiger partial charge in [0, 0.05) is 12.5 Å². The second-order valence-electron chi connectivity index (χ2n) is 12.3. The van der Waals surface area contributed by atoms with Crippen LogP contribution in [0.15, 0.2) is 42.5 Å². The number of ether oxygens (including phenoxy) is 2. The van der Waals surface area contributed by atoms with E-state index in [0.717, 1.165) is 12.0 Å². The number of nitrogens with zero attached hydrogens (tertiary/aromatic N) is 1. The zero-order valence-electron chi connectivity index (χ0n) is 24.0. The Kier molecular flexibility index (Phi) is 9.33. The van der Waals surface area contributed by atoms with Crippen molar-refractivity contribution in [3.63, 3.8) is 0 Å². The number of hydrogen-bond acceptors (Lipinski definition) is 4. The summed E-state index contributed by atoms with van der Waals surface area (Å²) in [4.78, 5) is 15.0. The second-order valence-corrected chi connectivity index (χ2v) is 12.3. The van der Waals surface area contributed by atoms with E-state index in [1.807, 2.05) is 0 Å². The molecule has 1 aliphatic carbocycles. The van der Waals surface area contributed by atoms with E-state index >= 15 is 0 Å². The van der Waals surface area contributed by atoms with E-state index in [1.165, 1.54) is 19.1 Å². The van der Waals surface area contributed by atoms with Crippen LogP contribution >= 0.6 is 0 Å². The van der Waals surface area contributed by atoms with Crippen LogP contribution in [0.3, 0.4) is 0 Å². The predicted octanol–water partition coefficient (Wildman–Crippen LogP) is 8.31. The van der Waals surface area contributed by atoms with Crippen LogP contribution in [0.5, 0.6) is 0 Å². The van der Waals surface area contributed by atoms with Gasteiger partial charge in [0.1, 0.15) is 17.5 Å². The molecule has 2 aliphatic rings. The summed E-state index contributed by atoms with van der Waals surface area (Å²) in [7, 11) is 0. The van der Waals surface area contributed by atoms with Gasteiger partial charge >= 0.3 is 18.3 Å². The lowest BCUT2D eigenvalue weighted by atomic mass is 9.86. The largest absolute Gasteiger partial charge is 0.459 e. The molecule has 42 heavy (non-hydrogen) atoms. The number of alkyl halides is 6. The maximum absolute atomic E-state index is 13.8. The molecule has 1 saturated heterocycles. The summed E-state index contributed by atoms with van der Waals surface area (Å²) >= 11 is 0. The van der Waals surface area contributed by atoms with E-state index < -0.39 is 53.1 Å². The minimum atomic E-state index is -4.97. The fourth-order valence-corrected chi connectivity index (χ4v) is 6.11. The van der Waals surface area contributed by atoms with Gasteiger partial charge in [0.15, 0.2) is 0 Å². The van der Waals surface area contributed by atoms with Gasteiger partial charge in [-0.1, -0.05) is 12.1 Å². The number of carbonyl (C=O) groups is 1. The summed E-state index contributed by atoms with van der Waals surface area (Å²) in [6, 6.07) is 6.94. The Balaban J connectivity index is 1.59. The van der Waals surface area contributed by atoms with Crippen molar-refractivity contribution < 1.29 is 45.0 Å². The molecule has 2 aromatic rings. The van der Waals surface area contributed by atoms with E-state index in [1.54, 1.807) is 32.9 Å². The molecule has 2 aromatic carbocycles. The molecular weight excluding hydrogens is 567 g/mol. The zero-order valence-corrected chi connectivity index (χ0v) is 24.0. The van der Waals surface area contributed by atoms with E-state index in [0.29, 0.717) is 44.5 Å². The maximum atomic E-state index is 13.8. The quantitative estimate of drug-likeness (QED) is 0.236. The molecule has 0 unspecified atom stereocenters. The molecule has 4 nitrogen and oxygen atoms in total.